The molecule has 0 bridgehead atoms. The van der Waals surface area contributed by atoms with Gasteiger partial charge < -0.3 is 5.32 Å². The summed E-state index contributed by atoms with van der Waals surface area (Å²) in [6.45, 7) is 4.71. The minimum atomic E-state index is -0.159. The van der Waals surface area contributed by atoms with Gasteiger partial charge in [0.25, 0.3) is 5.91 Å². The molecule has 4 aromatic rings. The lowest BCUT2D eigenvalue weighted by Crippen LogP contribution is -2.27. The number of aromatic nitrogens is 2. The van der Waals surface area contributed by atoms with E-state index in [1.807, 2.05) is 42.5 Å². The molecule has 0 fully saturated rings. The molecule has 1 amide bonds. The van der Waals surface area contributed by atoms with Gasteiger partial charge in [-0.3, -0.25) is 4.79 Å². The third-order valence-corrected chi connectivity index (χ3v) is 5.61. The van der Waals surface area contributed by atoms with E-state index in [1.54, 1.807) is 16.8 Å². The van der Waals surface area contributed by atoms with E-state index in [9.17, 15) is 4.79 Å². The standard InChI is InChI=1S/C26H24ClN3O/c1-18-8-9-21(16-19(18)2)24-17-25(30(29-24)23-12-10-22(27)11-13-23)26(31)28-15-14-20-6-4-3-5-7-20/h3-13,16-17H,14-15H2,1-2H3,(H,28,31). The zero-order valence-corrected chi connectivity index (χ0v) is 18.4. The first kappa shape index (κ1) is 20.9. The van der Waals surface area contributed by atoms with Crippen molar-refractivity contribution in [3.8, 4) is 16.9 Å². The topological polar surface area (TPSA) is 46.9 Å². The zero-order valence-electron chi connectivity index (χ0n) is 17.6. The van der Waals surface area contributed by atoms with E-state index in [4.69, 9.17) is 16.7 Å². The van der Waals surface area contributed by atoms with Gasteiger partial charge in [-0.25, -0.2) is 4.68 Å². The number of amides is 1. The molecule has 0 saturated heterocycles. The molecular formula is C26H24ClN3O. The van der Waals surface area contributed by atoms with Crippen molar-refractivity contribution in [1.82, 2.24) is 15.1 Å². The Morgan fingerprint density at radius 1 is 0.935 bits per heavy atom. The van der Waals surface area contributed by atoms with E-state index in [0.29, 0.717) is 17.3 Å². The minimum Gasteiger partial charge on any atom is -0.350 e. The molecule has 0 unspecified atom stereocenters. The number of carbonyl (C=O) groups excluding carboxylic acids is 1. The summed E-state index contributed by atoms with van der Waals surface area (Å²) in [7, 11) is 0. The Balaban J connectivity index is 1.64. The molecule has 0 aliphatic heterocycles. The summed E-state index contributed by atoms with van der Waals surface area (Å²) in [5, 5.41) is 8.42. The van der Waals surface area contributed by atoms with Gasteiger partial charge in [0.1, 0.15) is 5.69 Å². The monoisotopic (exact) mass is 429 g/mol. The first-order valence-corrected chi connectivity index (χ1v) is 10.6. The summed E-state index contributed by atoms with van der Waals surface area (Å²) < 4.78 is 1.68. The van der Waals surface area contributed by atoms with Gasteiger partial charge in [-0.15, -0.1) is 0 Å². The number of benzene rings is 3. The number of hydrogen-bond donors (Lipinski definition) is 1. The number of carbonyl (C=O) groups is 1. The van der Waals surface area contributed by atoms with Crippen LogP contribution in [0, 0.1) is 13.8 Å². The fraction of sp³-hybridized carbons (Fsp3) is 0.154. The van der Waals surface area contributed by atoms with Gasteiger partial charge in [0.15, 0.2) is 0 Å². The third-order valence-electron chi connectivity index (χ3n) is 5.36. The number of hydrogen-bond acceptors (Lipinski definition) is 2. The predicted molar refractivity (Wildman–Crippen MR) is 126 cm³/mol. The lowest BCUT2D eigenvalue weighted by molar-refractivity contribution is 0.0946. The number of halogens is 1. The van der Waals surface area contributed by atoms with E-state index < -0.39 is 0 Å². The zero-order chi connectivity index (χ0) is 21.8. The van der Waals surface area contributed by atoms with Crippen LogP contribution in [0.3, 0.4) is 0 Å². The van der Waals surface area contributed by atoms with Crippen molar-refractivity contribution in [3.63, 3.8) is 0 Å². The van der Waals surface area contributed by atoms with Crippen molar-refractivity contribution in [2.75, 3.05) is 6.54 Å². The molecule has 1 N–H and O–H groups in total. The van der Waals surface area contributed by atoms with Crippen molar-refractivity contribution >= 4 is 17.5 Å². The highest BCUT2D eigenvalue weighted by Gasteiger charge is 2.18. The van der Waals surface area contributed by atoms with Gasteiger partial charge in [-0.2, -0.15) is 5.10 Å². The van der Waals surface area contributed by atoms with Crippen LogP contribution in [0.2, 0.25) is 5.02 Å². The third kappa shape index (κ3) is 4.86. The Morgan fingerprint density at radius 3 is 2.39 bits per heavy atom. The second kappa shape index (κ2) is 9.19. The summed E-state index contributed by atoms with van der Waals surface area (Å²) in [5.41, 5.74) is 6.61. The van der Waals surface area contributed by atoms with Crippen molar-refractivity contribution in [3.05, 3.63) is 106 Å². The number of nitrogens with zero attached hydrogens (tertiary/aromatic N) is 2. The fourth-order valence-electron chi connectivity index (χ4n) is 3.42. The summed E-state index contributed by atoms with van der Waals surface area (Å²) >= 11 is 6.05. The van der Waals surface area contributed by atoms with Crippen molar-refractivity contribution < 1.29 is 4.79 Å². The smallest absolute Gasteiger partial charge is 0.270 e. The first-order chi connectivity index (χ1) is 15.0. The van der Waals surface area contributed by atoms with E-state index in [1.165, 1.54) is 16.7 Å². The molecule has 0 spiro atoms. The maximum absolute atomic E-state index is 13.1. The van der Waals surface area contributed by atoms with E-state index in [-0.39, 0.29) is 5.91 Å². The molecule has 4 nitrogen and oxygen atoms in total. The van der Waals surface area contributed by atoms with E-state index in [0.717, 1.165) is 23.4 Å². The molecule has 5 heteroatoms. The van der Waals surface area contributed by atoms with Crippen LogP contribution in [-0.2, 0) is 6.42 Å². The molecule has 4 rings (SSSR count). The van der Waals surface area contributed by atoms with Crippen molar-refractivity contribution in [2.45, 2.75) is 20.3 Å². The molecule has 3 aromatic carbocycles. The lowest BCUT2D eigenvalue weighted by Gasteiger charge is -2.08. The quantitative estimate of drug-likeness (QED) is 0.422. The van der Waals surface area contributed by atoms with Gasteiger partial charge in [-0.1, -0.05) is 54.1 Å². The maximum atomic E-state index is 13.1. The van der Waals surface area contributed by atoms with Gasteiger partial charge in [0.2, 0.25) is 0 Å². The second-order valence-electron chi connectivity index (χ2n) is 7.59. The molecule has 0 saturated carbocycles. The largest absolute Gasteiger partial charge is 0.350 e. The average molecular weight is 430 g/mol. The maximum Gasteiger partial charge on any atom is 0.270 e. The Bertz CT molecular complexity index is 1200. The molecule has 156 valence electrons. The Hall–Kier alpha value is -3.37. The molecule has 0 aliphatic carbocycles. The van der Waals surface area contributed by atoms with Crippen LogP contribution in [0.15, 0.2) is 78.9 Å². The Morgan fingerprint density at radius 2 is 1.68 bits per heavy atom. The molecule has 31 heavy (non-hydrogen) atoms. The van der Waals surface area contributed by atoms with Crippen LogP contribution in [0.4, 0.5) is 0 Å². The van der Waals surface area contributed by atoms with Crippen molar-refractivity contribution in [1.29, 1.82) is 0 Å². The Kier molecular flexibility index (Phi) is 6.19. The van der Waals surface area contributed by atoms with Gasteiger partial charge in [0.05, 0.1) is 11.4 Å². The number of aryl methyl sites for hydroxylation is 2. The highest BCUT2D eigenvalue weighted by molar-refractivity contribution is 6.30. The summed E-state index contributed by atoms with van der Waals surface area (Å²) in [4.78, 5) is 13.1. The average Bonchev–Trinajstić information content (AvgIpc) is 3.22. The Labute approximate surface area is 187 Å². The van der Waals surface area contributed by atoms with Gasteiger partial charge in [-0.05, 0) is 73.4 Å². The summed E-state index contributed by atoms with van der Waals surface area (Å²) in [5.74, 6) is -0.159. The van der Waals surface area contributed by atoms with E-state index in [2.05, 4.69) is 43.4 Å². The van der Waals surface area contributed by atoms with Crippen molar-refractivity contribution in [2.24, 2.45) is 0 Å². The molecule has 1 aromatic heterocycles. The summed E-state index contributed by atoms with van der Waals surface area (Å²) in [6, 6.07) is 25.5. The van der Waals surface area contributed by atoms with Gasteiger partial charge in [0, 0.05) is 17.1 Å². The van der Waals surface area contributed by atoms with Crippen LogP contribution >= 0.6 is 11.6 Å². The second-order valence-corrected chi connectivity index (χ2v) is 8.03. The minimum absolute atomic E-state index is 0.159. The molecule has 1 heterocycles. The molecule has 0 atom stereocenters. The summed E-state index contributed by atoms with van der Waals surface area (Å²) in [6.07, 6.45) is 0.770. The van der Waals surface area contributed by atoms with Crippen LogP contribution in [0.1, 0.15) is 27.2 Å². The van der Waals surface area contributed by atoms with E-state index >= 15 is 0 Å². The highest BCUT2D eigenvalue weighted by Crippen LogP contribution is 2.24. The van der Waals surface area contributed by atoms with Crippen LogP contribution in [0.25, 0.3) is 16.9 Å². The predicted octanol–water partition coefficient (Wildman–Crippen LogP) is 5.78. The van der Waals surface area contributed by atoms with Crippen LogP contribution < -0.4 is 5.32 Å². The highest BCUT2D eigenvalue weighted by atomic mass is 35.5. The first-order valence-electron chi connectivity index (χ1n) is 10.3. The fourth-order valence-corrected chi connectivity index (χ4v) is 3.55. The lowest BCUT2D eigenvalue weighted by atomic mass is 10.0. The molecule has 0 radical (unpaired) electrons. The van der Waals surface area contributed by atoms with Crippen LogP contribution in [0.5, 0.6) is 0 Å². The SMILES string of the molecule is Cc1ccc(-c2cc(C(=O)NCCc3ccccc3)n(-c3ccc(Cl)cc3)n2)cc1C. The van der Waals surface area contributed by atoms with Crippen LogP contribution in [-0.4, -0.2) is 22.2 Å². The molecule has 0 aliphatic rings. The van der Waals surface area contributed by atoms with Gasteiger partial charge >= 0.3 is 0 Å². The normalized spacial score (nSPS) is 10.8. The molecular weight excluding hydrogens is 406 g/mol. The number of nitrogens with one attached hydrogen (secondary N) is 1. The number of rotatable bonds is 6.